The van der Waals surface area contributed by atoms with Gasteiger partial charge in [0.05, 0.1) is 33.8 Å². The van der Waals surface area contributed by atoms with E-state index in [0.29, 0.717) is 23.9 Å². The van der Waals surface area contributed by atoms with Crippen LogP contribution in [0.25, 0.3) is 0 Å². The number of esters is 1. The normalized spacial score (nSPS) is 14.3. The van der Waals surface area contributed by atoms with Gasteiger partial charge in [0, 0.05) is 12.8 Å². The molecule has 1 amide bonds. The Morgan fingerprint density at radius 3 is 1.31 bits per heavy atom. The molecule has 3 unspecified atom stereocenters. The van der Waals surface area contributed by atoms with Crippen LogP contribution in [0, 0.1) is 0 Å². The van der Waals surface area contributed by atoms with Crippen LogP contribution >= 0.6 is 7.82 Å². The van der Waals surface area contributed by atoms with Crippen LogP contribution in [0.3, 0.4) is 0 Å². The SMILES string of the molecule is CC/C=C\C/C=C\C/C=C\C/C=C\C/C=C\CCCCCCCCCC(=O)NC(COP(=O)([O-])OCC[N+](C)(C)C)C(/C=C\CCCCCCCCCCCC)OC(=O)CCCCC/C=C\CCCCCCCCC. The lowest BCUT2D eigenvalue weighted by molar-refractivity contribution is -0.870. The minimum Gasteiger partial charge on any atom is -0.756 e. The van der Waals surface area contributed by atoms with E-state index in [1.54, 1.807) is 0 Å². The minimum atomic E-state index is -4.71. The molecule has 0 saturated heterocycles. The van der Waals surface area contributed by atoms with Gasteiger partial charge < -0.3 is 28.5 Å². The lowest BCUT2D eigenvalue weighted by Gasteiger charge is -2.30. The maximum absolute atomic E-state index is 13.5. The Hall–Kier alpha value is -2.81. The summed E-state index contributed by atoms with van der Waals surface area (Å²) < 4.78 is 30.3. The molecule has 75 heavy (non-hydrogen) atoms. The first-order chi connectivity index (χ1) is 36.4. The van der Waals surface area contributed by atoms with Crippen LogP contribution in [0.4, 0.5) is 0 Å². The number of allylic oxidation sites excluding steroid dienone is 13. The maximum atomic E-state index is 13.5. The van der Waals surface area contributed by atoms with Crippen molar-refractivity contribution in [3.8, 4) is 0 Å². The van der Waals surface area contributed by atoms with E-state index in [-0.39, 0.29) is 24.9 Å². The third-order valence-electron chi connectivity index (χ3n) is 13.3. The molecule has 0 spiro atoms. The highest BCUT2D eigenvalue weighted by Gasteiger charge is 2.27. The van der Waals surface area contributed by atoms with Gasteiger partial charge in [0.25, 0.3) is 7.82 Å². The number of hydrogen-bond acceptors (Lipinski definition) is 7. The van der Waals surface area contributed by atoms with Crippen LogP contribution in [0.1, 0.15) is 265 Å². The molecule has 0 saturated carbocycles. The highest BCUT2D eigenvalue weighted by Crippen LogP contribution is 2.38. The molecule has 0 rings (SSSR count). The lowest BCUT2D eigenvalue weighted by Crippen LogP contribution is -2.47. The number of hydrogen-bond donors (Lipinski definition) is 1. The fourth-order valence-electron chi connectivity index (χ4n) is 8.54. The highest BCUT2D eigenvalue weighted by atomic mass is 31.2. The molecule has 10 heteroatoms. The van der Waals surface area contributed by atoms with Gasteiger partial charge in [0.2, 0.25) is 5.91 Å². The van der Waals surface area contributed by atoms with Crippen LogP contribution in [0.5, 0.6) is 0 Å². The molecular weight excluding hydrogens is 952 g/mol. The van der Waals surface area contributed by atoms with Crippen molar-refractivity contribution in [1.82, 2.24) is 5.32 Å². The Balaban J connectivity index is 5.25. The molecule has 0 aromatic heterocycles. The van der Waals surface area contributed by atoms with E-state index in [9.17, 15) is 19.0 Å². The molecule has 0 aliphatic carbocycles. The van der Waals surface area contributed by atoms with Gasteiger partial charge in [0.15, 0.2) is 0 Å². The Kier molecular flexibility index (Phi) is 52.5. The molecular formula is C65H117N2O7P. The lowest BCUT2D eigenvalue weighted by atomic mass is 10.0. The van der Waals surface area contributed by atoms with Gasteiger partial charge in [-0.2, -0.15) is 0 Å². The van der Waals surface area contributed by atoms with E-state index >= 15 is 0 Å². The van der Waals surface area contributed by atoms with E-state index in [2.05, 4.69) is 99.0 Å². The largest absolute Gasteiger partial charge is 0.756 e. The second-order valence-electron chi connectivity index (χ2n) is 21.8. The number of ether oxygens (including phenoxy) is 1. The van der Waals surface area contributed by atoms with Gasteiger partial charge in [-0.15, -0.1) is 0 Å². The van der Waals surface area contributed by atoms with Gasteiger partial charge in [-0.3, -0.25) is 14.2 Å². The average Bonchev–Trinajstić information content (AvgIpc) is 3.37. The second kappa shape index (κ2) is 54.5. The predicted molar refractivity (Wildman–Crippen MR) is 321 cm³/mol. The second-order valence-corrected chi connectivity index (χ2v) is 23.2. The van der Waals surface area contributed by atoms with Crippen molar-refractivity contribution >= 4 is 19.7 Å². The first kappa shape index (κ1) is 72.2. The number of likely N-dealkylation sites (N-methyl/N-ethyl adjacent to an activating group) is 1. The summed E-state index contributed by atoms with van der Waals surface area (Å²) in [4.78, 5) is 39.9. The van der Waals surface area contributed by atoms with Crippen molar-refractivity contribution in [2.45, 2.75) is 277 Å². The molecule has 1 N–H and O–H groups in total. The summed E-state index contributed by atoms with van der Waals surface area (Å²) in [6.07, 6.45) is 71.2. The standard InChI is InChI=1S/C65H117N2O7P/c1-7-10-13-16-19-22-25-28-30-31-32-33-34-35-36-37-38-39-42-45-48-51-54-57-64(68)66-62(61-73-75(70,71)72-60-59-67(4,5)6)63(56-53-50-47-44-41-27-24-21-18-15-12-9-3)74-65(69)58-55-52-49-46-43-40-29-26-23-20-17-14-11-8-2/h10,13,19,22,28,30,32-33,35-36,40,43,53,56,62-63H,7-9,11-12,14-18,20-21,23-27,29,31,34,37-39,41-42,44-52,54-55,57-61H2,1-6H3,(H-,66,68,70,71)/b13-10-,22-19-,30-28-,33-32-,36-35-,43-40-,56-53-. The van der Waals surface area contributed by atoms with Crippen LogP contribution < -0.4 is 10.2 Å². The Bertz CT molecular complexity index is 1560. The summed E-state index contributed by atoms with van der Waals surface area (Å²) in [5.41, 5.74) is 0. The third kappa shape index (κ3) is 55.7. The molecule has 0 radical (unpaired) electrons. The third-order valence-corrected chi connectivity index (χ3v) is 14.3. The molecule has 3 atom stereocenters. The number of carbonyl (C=O) groups is 2. The zero-order valence-electron chi connectivity index (χ0n) is 49.5. The molecule has 9 nitrogen and oxygen atoms in total. The van der Waals surface area contributed by atoms with Gasteiger partial charge >= 0.3 is 5.97 Å². The fourth-order valence-corrected chi connectivity index (χ4v) is 9.27. The molecule has 0 aromatic rings. The zero-order valence-corrected chi connectivity index (χ0v) is 50.4. The average molecular weight is 1070 g/mol. The van der Waals surface area contributed by atoms with Gasteiger partial charge in [-0.1, -0.05) is 235 Å². The molecule has 0 aromatic carbocycles. The van der Waals surface area contributed by atoms with Crippen LogP contribution in [0.2, 0.25) is 0 Å². The topological polar surface area (TPSA) is 114 Å². The summed E-state index contributed by atoms with van der Waals surface area (Å²) >= 11 is 0. The fraction of sp³-hybridized carbons (Fsp3) is 0.754. The first-order valence-corrected chi connectivity index (χ1v) is 32.4. The minimum absolute atomic E-state index is 0.0300. The molecule has 0 bridgehead atoms. The molecule has 0 fully saturated rings. The Labute approximate surface area is 463 Å². The van der Waals surface area contributed by atoms with Gasteiger partial charge in [-0.25, -0.2) is 0 Å². The van der Waals surface area contributed by atoms with Gasteiger partial charge in [0.1, 0.15) is 19.3 Å². The quantitative estimate of drug-likeness (QED) is 0.0212. The van der Waals surface area contributed by atoms with E-state index in [1.807, 2.05) is 33.3 Å². The Morgan fingerprint density at radius 1 is 0.480 bits per heavy atom. The number of carbonyl (C=O) groups excluding carboxylic acids is 2. The highest BCUT2D eigenvalue weighted by molar-refractivity contribution is 7.45. The molecule has 434 valence electrons. The van der Waals surface area contributed by atoms with Crippen molar-refractivity contribution in [1.29, 1.82) is 0 Å². The first-order valence-electron chi connectivity index (χ1n) is 30.9. The van der Waals surface area contributed by atoms with Crippen LogP contribution in [0.15, 0.2) is 85.1 Å². The van der Waals surface area contributed by atoms with Gasteiger partial charge in [-0.05, 0) is 102 Å². The summed E-state index contributed by atoms with van der Waals surface area (Å²) in [5.74, 6) is -0.573. The number of phosphoric acid groups is 1. The Morgan fingerprint density at radius 2 is 0.853 bits per heavy atom. The van der Waals surface area contributed by atoms with E-state index in [0.717, 1.165) is 109 Å². The number of rotatable bonds is 55. The summed E-state index contributed by atoms with van der Waals surface area (Å²) in [5, 5.41) is 3.02. The van der Waals surface area contributed by atoms with Crippen molar-refractivity contribution < 1.29 is 37.3 Å². The number of phosphoric ester groups is 1. The van der Waals surface area contributed by atoms with Crippen LogP contribution in [-0.4, -0.2) is 69.4 Å². The van der Waals surface area contributed by atoms with E-state index < -0.39 is 26.6 Å². The van der Waals surface area contributed by atoms with Crippen LogP contribution in [-0.2, 0) is 27.9 Å². The number of nitrogens with zero attached hydrogens (tertiary/aromatic N) is 1. The van der Waals surface area contributed by atoms with Crippen molar-refractivity contribution in [3.63, 3.8) is 0 Å². The van der Waals surface area contributed by atoms with E-state index in [4.69, 9.17) is 13.8 Å². The monoisotopic (exact) mass is 1070 g/mol. The van der Waals surface area contributed by atoms with Crippen molar-refractivity contribution in [2.75, 3.05) is 40.9 Å². The predicted octanol–water partition coefficient (Wildman–Crippen LogP) is 18.4. The summed E-state index contributed by atoms with van der Waals surface area (Å²) in [6, 6.07) is -0.904. The summed E-state index contributed by atoms with van der Waals surface area (Å²) in [7, 11) is 1.16. The van der Waals surface area contributed by atoms with Crippen molar-refractivity contribution in [3.05, 3.63) is 85.1 Å². The number of quaternary nitrogens is 1. The molecule has 0 aliphatic rings. The zero-order chi connectivity index (χ0) is 55.0. The number of nitrogens with one attached hydrogen (secondary N) is 1. The summed E-state index contributed by atoms with van der Waals surface area (Å²) in [6.45, 7) is 6.70. The smallest absolute Gasteiger partial charge is 0.306 e. The van der Waals surface area contributed by atoms with E-state index in [1.165, 1.54) is 116 Å². The maximum Gasteiger partial charge on any atom is 0.306 e. The molecule has 0 heterocycles. The molecule has 0 aliphatic heterocycles. The van der Waals surface area contributed by atoms with Crippen molar-refractivity contribution in [2.24, 2.45) is 0 Å². The number of unbranched alkanes of at least 4 members (excludes halogenated alkanes) is 27. The number of amides is 1.